The largest absolute Gasteiger partial charge is 0.508 e. The number of benzene rings is 2. The predicted molar refractivity (Wildman–Crippen MR) is 144 cm³/mol. The Morgan fingerprint density at radius 1 is 1.11 bits per heavy atom. The molecule has 9 nitrogen and oxygen atoms in total. The number of phenolic OH excluding ortho intramolecular Hbond substituents is 1. The van der Waals surface area contributed by atoms with Crippen molar-refractivity contribution in [1.29, 1.82) is 5.41 Å². The third kappa shape index (κ3) is 7.69. The van der Waals surface area contributed by atoms with E-state index in [1.54, 1.807) is 36.1 Å². The van der Waals surface area contributed by atoms with E-state index in [1.165, 1.54) is 12.1 Å². The summed E-state index contributed by atoms with van der Waals surface area (Å²) in [7, 11) is 0. The third-order valence-corrected chi connectivity index (χ3v) is 6.36. The molecule has 3 rings (SSSR count). The van der Waals surface area contributed by atoms with Gasteiger partial charge in [0.05, 0.1) is 13.0 Å². The molecule has 2 amide bonds. The van der Waals surface area contributed by atoms with E-state index in [0.29, 0.717) is 16.7 Å². The van der Waals surface area contributed by atoms with Crippen molar-refractivity contribution in [2.24, 2.45) is 5.73 Å². The highest BCUT2D eigenvalue weighted by molar-refractivity contribution is 5.99. The molecule has 0 aliphatic heterocycles. The third-order valence-electron chi connectivity index (χ3n) is 6.36. The van der Waals surface area contributed by atoms with Crippen molar-refractivity contribution in [3.8, 4) is 5.75 Å². The Hall–Kier alpha value is -3.59. The lowest BCUT2D eigenvalue weighted by Gasteiger charge is -2.31. The van der Waals surface area contributed by atoms with Crippen LogP contribution in [0.1, 0.15) is 72.5 Å². The first-order chi connectivity index (χ1) is 17.2. The summed E-state index contributed by atoms with van der Waals surface area (Å²) in [6.07, 6.45) is 3.99. The number of halogens is 1. The molecule has 5 N–H and O–H groups in total. The number of hydrogen-bond acceptors (Lipinski definition) is 6. The molecule has 200 valence electrons. The van der Waals surface area contributed by atoms with Gasteiger partial charge in [-0.25, -0.2) is 0 Å². The van der Waals surface area contributed by atoms with Crippen LogP contribution < -0.4 is 16.0 Å². The van der Waals surface area contributed by atoms with Crippen LogP contribution in [0.4, 0.5) is 5.69 Å². The second kappa shape index (κ2) is 13.6. The van der Waals surface area contributed by atoms with Gasteiger partial charge in [0.25, 0.3) is 5.91 Å². The van der Waals surface area contributed by atoms with Gasteiger partial charge in [-0.3, -0.25) is 19.8 Å². The van der Waals surface area contributed by atoms with Crippen molar-refractivity contribution in [3.63, 3.8) is 0 Å². The fourth-order valence-corrected chi connectivity index (χ4v) is 4.50. The highest BCUT2D eigenvalue weighted by atomic mass is 35.5. The van der Waals surface area contributed by atoms with Crippen molar-refractivity contribution < 1.29 is 24.2 Å². The van der Waals surface area contributed by atoms with Gasteiger partial charge in [0.2, 0.25) is 5.91 Å². The van der Waals surface area contributed by atoms with E-state index < -0.39 is 0 Å². The minimum atomic E-state index is -0.388. The van der Waals surface area contributed by atoms with E-state index in [9.17, 15) is 19.5 Å². The lowest BCUT2D eigenvalue weighted by atomic mass is 10.0. The highest BCUT2D eigenvalue weighted by Crippen LogP contribution is 2.32. The van der Waals surface area contributed by atoms with Crippen molar-refractivity contribution in [1.82, 2.24) is 5.32 Å². The number of nitrogens with two attached hydrogens (primary N) is 1. The molecule has 0 atom stereocenters. The Kier molecular flexibility index (Phi) is 10.9. The first-order valence-electron chi connectivity index (χ1n) is 12.2. The van der Waals surface area contributed by atoms with Gasteiger partial charge in [-0.1, -0.05) is 12.8 Å². The van der Waals surface area contributed by atoms with Gasteiger partial charge < -0.3 is 25.8 Å². The van der Waals surface area contributed by atoms with Crippen molar-refractivity contribution in [2.75, 3.05) is 11.5 Å². The zero-order valence-electron chi connectivity index (χ0n) is 21.2. The molecule has 10 heteroatoms. The van der Waals surface area contributed by atoms with Crippen LogP contribution in [0.25, 0.3) is 0 Å². The van der Waals surface area contributed by atoms with E-state index in [-0.39, 0.29) is 73.8 Å². The average Bonchev–Trinajstić information content (AvgIpc) is 3.37. The molecule has 0 radical (unpaired) electrons. The summed E-state index contributed by atoms with van der Waals surface area (Å²) in [5.41, 5.74) is 8.35. The first-order valence-corrected chi connectivity index (χ1v) is 12.2. The molecule has 0 aromatic heterocycles. The minimum Gasteiger partial charge on any atom is -0.508 e. The number of esters is 1. The van der Waals surface area contributed by atoms with E-state index in [4.69, 9.17) is 15.9 Å². The minimum absolute atomic E-state index is 0. The molecule has 1 aliphatic carbocycles. The summed E-state index contributed by atoms with van der Waals surface area (Å²) >= 11 is 0. The molecule has 0 unspecified atom stereocenters. The SMILES string of the molecule is CCOC(=O)CCC(=O)N(c1ccc(C(=O)NCc2cc(C(=N)N)ccc2O)cc1C)C1CCCC1.Cl. The van der Waals surface area contributed by atoms with Crippen LogP contribution in [0.2, 0.25) is 0 Å². The summed E-state index contributed by atoms with van der Waals surface area (Å²) in [6, 6.07) is 9.78. The topological polar surface area (TPSA) is 146 Å². The van der Waals surface area contributed by atoms with Crippen LogP contribution in [0.3, 0.4) is 0 Å². The lowest BCUT2D eigenvalue weighted by Crippen LogP contribution is -2.39. The summed E-state index contributed by atoms with van der Waals surface area (Å²) in [5.74, 6) is -0.979. The Morgan fingerprint density at radius 3 is 2.41 bits per heavy atom. The standard InChI is InChI=1S/C27H34N4O5.ClH/c1-3-36-25(34)13-12-24(33)31(21-6-4-5-7-21)22-10-8-19(14-17(22)2)27(35)30-16-20-15-18(26(28)29)9-11-23(20)32;/h8-11,14-15,21,32H,3-7,12-13,16H2,1-2H3,(H3,28,29)(H,30,35);1H. The number of nitrogen functional groups attached to an aromatic ring is 1. The van der Waals surface area contributed by atoms with Crippen LogP contribution in [-0.4, -0.2) is 41.4 Å². The Morgan fingerprint density at radius 2 is 1.78 bits per heavy atom. The molecule has 0 heterocycles. The van der Waals surface area contributed by atoms with Gasteiger partial charge in [0, 0.05) is 41.4 Å². The number of hydrogen-bond donors (Lipinski definition) is 4. The van der Waals surface area contributed by atoms with Crippen LogP contribution in [0.5, 0.6) is 5.75 Å². The molecule has 1 aliphatic rings. The first kappa shape index (κ1) is 29.6. The van der Waals surface area contributed by atoms with Gasteiger partial charge in [-0.15, -0.1) is 12.4 Å². The fraction of sp³-hybridized carbons (Fsp3) is 0.407. The fourth-order valence-electron chi connectivity index (χ4n) is 4.50. The number of anilines is 1. The Bertz CT molecular complexity index is 1150. The lowest BCUT2D eigenvalue weighted by molar-refractivity contribution is -0.144. The number of amides is 2. The van der Waals surface area contributed by atoms with E-state index in [1.807, 2.05) is 6.92 Å². The van der Waals surface area contributed by atoms with Gasteiger partial charge in [0.1, 0.15) is 11.6 Å². The molecule has 2 aromatic carbocycles. The maximum absolute atomic E-state index is 13.2. The second-order valence-corrected chi connectivity index (χ2v) is 8.95. The smallest absolute Gasteiger partial charge is 0.306 e. The molecule has 0 bridgehead atoms. The average molecular weight is 531 g/mol. The zero-order chi connectivity index (χ0) is 26.2. The number of aryl methyl sites for hydroxylation is 1. The molecule has 0 spiro atoms. The molecule has 0 saturated heterocycles. The summed E-state index contributed by atoms with van der Waals surface area (Å²) in [5, 5.41) is 20.4. The van der Waals surface area contributed by atoms with Crippen molar-refractivity contribution >= 4 is 41.7 Å². The molecule has 2 aromatic rings. The van der Waals surface area contributed by atoms with Crippen LogP contribution in [-0.2, 0) is 20.9 Å². The number of nitrogens with zero attached hydrogens (tertiary/aromatic N) is 1. The number of rotatable bonds is 10. The number of ether oxygens (including phenoxy) is 1. The van der Waals surface area contributed by atoms with Crippen LogP contribution >= 0.6 is 12.4 Å². The number of amidine groups is 1. The van der Waals surface area contributed by atoms with Gasteiger partial charge in [-0.2, -0.15) is 0 Å². The van der Waals surface area contributed by atoms with Crippen molar-refractivity contribution in [3.05, 3.63) is 58.7 Å². The van der Waals surface area contributed by atoms with Gasteiger partial charge >= 0.3 is 5.97 Å². The zero-order valence-corrected chi connectivity index (χ0v) is 22.0. The predicted octanol–water partition coefficient (Wildman–Crippen LogP) is 3.96. The number of aromatic hydroxyl groups is 1. The van der Waals surface area contributed by atoms with Crippen LogP contribution in [0, 0.1) is 12.3 Å². The van der Waals surface area contributed by atoms with Gasteiger partial charge in [-0.05, 0) is 68.7 Å². The second-order valence-electron chi connectivity index (χ2n) is 8.95. The Balaban J connectivity index is 0.00000481. The summed E-state index contributed by atoms with van der Waals surface area (Å²) in [4.78, 5) is 39.6. The normalized spacial score (nSPS) is 12.9. The number of carbonyl (C=O) groups is 3. The van der Waals surface area contributed by atoms with Crippen molar-refractivity contribution in [2.45, 2.75) is 65.0 Å². The number of carbonyl (C=O) groups excluding carboxylic acids is 3. The maximum atomic E-state index is 13.2. The van der Waals surface area contributed by atoms with E-state index >= 15 is 0 Å². The summed E-state index contributed by atoms with van der Waals surface area (Å²) < 4.78 is 4.96. The quantitative estimate of drug-likeness (QED) is 0.208. The highest BCUT2D eigenvalue weighted by Gasteiger charge is 2.29. The Labute approximate surface area is 223 Å². The number of phenols is 1. The number of nitrogens with one attached hydrogen (secondary N) is 2. The van der Waals surface area contributed by atoms with E-state index in [0.717, 1.165) is 36.9 Å². The van der Waals surface area contributed by atoms with Gasteiger partial charge in [0.15, 0.2) is 0 Å². The molecule has 37 heavy (non-hydrogen) atoms. The summed E-state index contributed by atoms with van der Waals surface area (Å²) in [6.45, 7) is 3.93. The van der Waals surface area contributed by atoms with E-state index in [2.05, 4.69) is 5.32 Å². The molecular formula is C27H35ClN4O5. The molecular weight excluding hydrogens is 496 g/mol. The monoisotopic (exact) mass is 530 g/mol. The molecule has 1 fully saturated rings. The maximum Gasteiger partial charge on any atom is 0.306 e. The van der Waals surface area contributed by atoms with Crippen LogP contribution in [0.15, 0.2) is 36.4 Å². The molecule has 1 saturated carbocycles.